The van der Waals surface area contributed by atoms with E-state index in [1.54, 1.807) is 0 Å². The molecule has 1 N–H and O–H groups in total. The van der Waals surface area contributed by atoms with Crippen molar-refractivity contribution in [2.45, 2.75) is 82.8 Å². The van der Waals surface area contributed by atoms with Crippen LogP contribution in [0.5, 0.6) is 0 Å². The molecule has 0 aromatic carbocycles. The third kappa shape index (κ3) is 4.68. The van der Waals surface area contributed by atoms with Gasteiger partial charge in [0.05, 0.1) is 7.11 Å². The molecule has 1 atom stereocenters. The number of carbonyl (C=O) groups is 1. The van der Waals surface area contributed by atoms with Gasteiger partial charge in [0.2, 0.25) is 0 Å². The van der Waals surface area contributed by atoms with Crippen LogP contribution in [0.15, 0.2) is 0 Å². The quantitative estimate of drug-likeness (QED) is 0.699. The monoisotopic (exact) mass is 296 g/mol. The lowest BCUT2D eigenvalue weighted by Gasteiger charge is -2.36. The van der Waals surface area contributed by atoms with Crippen LogP contribution in [-0.2, 0) is 9.53 Å². The number of nitrogens with zero attached hydrogens (tertiary/aromatic N) is 1. The Bertz CT molecular complexity index is 338. The number of nitrogens with one attached hydrogen (secondary N) is 1. The van der Waals surface area contributed by atoms with Gasteiger partial charge in [0.15, 0.2) is 0 Å². The summed E-state index contributed by atoms with van der Waals surface area (Å²) in [6.07, 6.45) is 9.94. The van der Waals surface area contributed by atoms with Gasteiger partial charge in [0, 0.05) is 18.6 Å². The Hall–Kier alpha value is -0.610. The number of rotatable bonds is 8. The van der Waals surface area contributed by atoms with E-state index < -0.39 is 5.54 Å². The van der Waals surface area contributed by atoms with Crippen LogP contribution in [-0.4, -0.2) is 48.7 Å². The van der Waals surface area contributed by atoms with Crippen molar-refractivity contribution in [2.75, 3.05) is 20.2 Å². The zero-order chi connectivity index (χ0) is 15.3. The molecule has 0 heterocycles. The maximum Gasteiger partial charge on any atom is 0.325 e. The summed E-state index contributed by atoms with van der Waals surface area (Å²) in [5.74, 6) is -0.117. The van der Waals surface area contributed by atoms with Gasteiger partial charge in [-0.25, -0.2) is 0 Å². The van der Waals surface area contributed by atoms with Crippen molar-refractivity contribution >= 4 is 5.97 Å². The van der Waals surface area contributed by atoms with E-state index >= 15 is 0 Å². The second kappa shape index (κ2) is 7.59. The molecule has 1 unspecified atom stereocenters. The van der Waals surface area contributed by atoms with E-state index in [1.165, 1.54) is 52.1 Å². The second-order valence-corrected chi connectivity index (χ2v) is 6.91. The smallest absolute Gasteiger partial charge is 0.325 e. The van der Waals surface area contributed by atoms with Crippen LogP contribution in [0, 0.1) is 0 Å². The van der Waals surface area contributed by atoms with E-state index in [0.717, 1.165) is 19.5 Å². The lowest BCUT2D eigenvalue weighted by atomic mass is 9.92. The van der Waals surface area contributed by atoms with Crippen molar-refractivity contribution in [3.05, 3.63) is 0 Å². The normalized spacial score (nSPS) is 23.0. The van der Waals surface area contributed by atoms with Crippen LogP contribution in [0.3, 0.4) is 0 Å². The van der Waals surface area contributed by atoms with E-state index in [4.69, 9.17) is 4.74 Å². The molecule has 0 aromatic heterocycles. The van der Waals surface area contributed by atoms with Crippen molar-refractivity contribution in [1.82, 2.24) is 10.2 Å². The van der Waals surface area contributed by atoms with Crippen molar-refractivity contribution < 1.29 is 9.53 Å². The van der Waals surface area contributed by atoms with Gasteiger partial charge in [-0.3, -0.25) is 10.1 Å². The zero-order valence-electron chi connectivity index (χ0n) is 14.0. The molecule has 4 heteroatoms. The van der Waals surface area contributed by atoms with E-state index in [9.17, 15) is 4.79 Å². The fraction of sp³-hybridized carbons (Fsp3) is 0.941. The molecule has 2 rings (SSSR count). The second-order valence-electron chi connectivity index (χ2n) is 6.91. The number of carbonyl (C=O) groups excluding carboxylic acids is 1. The van der Waals surface area contributed by atoms with Gasteiger partial charge in [-0.15, -0.1) is 0 Å². The minimum Gasteiger partial charge on any atom is -0.468 e. The van der Waals surface area contributed by atoms with E-state index in [1.807, 2.05) is 6.92 Å². The largest absolute Gasteiger partial charge is 0.468 e. The minimum absolute atomic E-state index is 0.117. The molecule has 2 aliphatic carbocycles. The molecule has 0 spiro atoms. The number of esters is 1. The van der Waals surface area contributed by atoms with Gasteiger partial charge < -0.3 is 9.64 Å². The predicted molar refractivity (Wildman–Crippen MR) is 85.3 cm³/mol. The number of hydrogen-bond donors (Lipinski definition) is 1. The standard InChI is InChI=1S/C17H32N2O2/c1-4-19(15-8-6-5-7-9-15)13-12-17(2,16(20)21-3)18-14-10-11-14/h14-15,18H,4-13H2,1-3H3. The highest BCUT2D eigenvalue weighted by Crippen LogP contribution is 2.27. The van der Waals surface area contributed by atoms with Crippen molar-refractivity contribution in [2.24, 2.45) is 0 Å². The first-order valence-corrected chi connectivity index (χ1v) is 8.69. The molecule has 0 amide bonds. The summed E-state index contributed by atoms with van der Waals surface area (Å²) in [5, 5.41) is 3.50. The molecule has 2 aliphatic rings. The SMILES string of the molecule is CCN(CCC(C)(NC1CC1)C(=O)OC)C1CCCCC1. The lowest BCUT2D eigenvalue weighted by Crippen LogP contribution is -2.53. The average Bonchev–Trinajstić information content (AvgIpc) is 3.32. The Morgan fingerprint density at radius 3 is 2.43 bits per heavy atom. The molecule has 2 saturated carbocycles. The lowest BCUT2D eigenvalue weighted by molar-refractivity contribution is -0.148. The Kier molecular flexibility index (Phi) is 6.06. The van der Waals surface area contributed by atoms with Crippen LogP contribution in [0.1, 0.15) is 65.2 Å². The van der Waals surface area contributed by atoms with E-state index in [-0.39, 0.29) is 5.97 Å². The summed E-state index contributed by atoms with van der Waals surface area (Å²) >= 11 is 0. The van der Waals surface area contributed by atoms with Crippen LogP contribution in [0.2, 0.25) is 0 Å². The molecule has 2 fully saturated rings. The summed E-state index contributed by atoms with van der Waals surface area (Å²) < 4.78 is 5.04. The predicted octanol–water partition coefficient (Wildman–Crippen LogP) is 2.71. The molecule has 122 valence electrons. The molecule has 0 saturated heterocycles. The number of hydrogen-bond acceptors (Lipinski definition) is 4. The third-order valence-corrected chi connectivity index (χ3v) is 5.13. The van der Waals surface area contributed by atoms with Crippen LogP contribution < -0.4 is 5.32 Å². The van der Waals surface area contributed by atoms with Crippen molar-refractivity contribution in [3.8, 4) is 0 Å². The van der Waals surface area contributed by atoms with Crippen molar-refractivity contribution in [1.29, 1.82) is 0 Å². The van der Waals surface area contributed by atoms with Gasteiger partial charge in [-0.05, 0) is 45.6 Å². The van der Waals surface area contributed by atoms with Crippen molar-refractivity contribution in [3.63, 3.8) is 0 Å². The Labute approximate surface area is 129 Å². The third-order valence-electron chi connectivity index (χ3n) is 5.13. The summed E-state index contributed by atoms with van der Waals surface area (Å²) in [6, 6.07) is 1.23. The fourth-order valence-corrected chi connectivity index (χ4v) is 3.55. The first kappa shape index (κ1) is 16.8. The number of methoxy groups -OCH3 is 1. The molecular formula is C17H32N2O2. The summed E-state index contributed by atoms with van der Waals surface area (Å²) in [4.78, 5) is 14.7. The first-order valence-electron chi connectivity index (χ1n) is 8.69. The van der Waals surface area contributed by atoms with Crippen LogP contribution >= 0.6 is 0 Å². The molecule has 4 nitrogen and oxygen atoms in total. The minimum atomic E-state index is -0.530. The highest BCUT2D eigenvalue weighted by molar-refractivity contribution is 5.80. The zero-order valence-corrected chi connectivity index (χ0v) is 14.0. The number of ether oxygens (including phenoxy) is 1. The maximum absolute atomic E-state index is 12.2. The fourth-order valence-electron chi connectivity index (χ4n) is 3.55. The molecule has 0 aromatic rings. The van der Waals surface area contributed by atoms with Gasteiger partial charge in [-0.2, -0.15) is 0 Å². The van der Waals surface area contributed by atoms with Gasteiger partial charge >= 0.3 is 5.97 Å². The Balaban J connectivity index is 1.90. The summed E-state index contributed by atoms with van der Waals surface area (Å²) in [7, 11) is 1.49. The average molecular weight is 296 g/mol. The Morgan fingerprint density at radius 2 is 1.90 bits per heavy atom. The van der Waals surface area contributed by atoms with Crippen LogP contribution in [0.25, 0.3) is 0 Å². The molecular weight excluding hydrogens is 264 g/mol. The van der Waals surface area contributed by atoms with E-state index in [0.29, 0.717) is 12.1 Å². The van der Waals surface area contributed by atoms with Gasteiger partial charge in [-0.1, -0.05) is 26.2 Å². The summed E-state index contributed by atoms with van der Waals surface area (Å²) in [5.41, 5.74) is -0.530. The molecule has 0 aliphatic heterocycles. The van der Waals surface area contributed by atoms with Gasteiger partial charge in [0.1, 0.15) is 5.54 Å². The van der Waals surface area contributed by atoms with Gasteiger partial charge in [0.25, 0.3) is 0 Å². The Morgan fingerprint density at radius 1 is 1.24 bits per heavy atom. The molecule has 0 bridgehead atoms. The summed E-state index contributed by atoms with van der Waals surface area (Å²) in [6.45, 7) is 6.29. The topological polar surface area (TPSA) is 41.6 Å². The molecule has 21 heavy (non-hydrogen) atoms. The highest BCUT2D eigenvalue weighted by Gasteiger charge is 2.39. The highest BCUT2D eigenvalue weighted by atomic mass is 16.5. The maximum atomic E-state index is 12.2. The molecule has 0 radical (unpaired) electrons. The van der Waals surface area contributed by atoms with Crippen LogP contribution in [0.4, 0.5) is 0 Å². The van der Waals surface area contributed by atoms with E-state index in [2.05, 4.69) is 17.1 Å². The first-order chi connectivity index (χ1) is 10.1.